The Balaban J connectivity index is 1.91. The van der Waals surface area contributed by atoms with Crippen molar-refractivity contribution in [3.8, 4) is 11.4 Å². The monoisotopic (exact) mass is 297 g/mol. The van der Waals surface area contributed by atoms with E-state index in [1.54, 1.807) is 30.3 Å². The number of allylic oxidation sites excluding steroid dienone is 1. The standard InChI is InChI=1S/C14H11N5O3/c1-7-6-10(15-11(12(7)20)14(21)22)8-2-4-9(5-3-8)13-16-18-19-17-13/h2-6,15,20H,1H2,(H,21,22)(H,16,17,18,19). The molecule has 0 fully saturated rings. The minimum atomic E-state index is -1.26. The third-order valence-electron chi connectivity index (χ3n) is 3.13. The number of carboxylic acids is 1. The van der Waals surface area contributed by atoms with Crippen molar-refractivity contribution < 1.29 is 15.0 Å². The second kappa shape index (κ2) is 5.17. The lowest BCUT2D eigenvalue weighted by Gasteiger charge is -2.19. The summed E-state index contributed by atoms with van der Waals surface area (Å²) in [5.41, 5.74) is 1.96. The molecule has 0 unspecified atom stereocenters. The van der Waals surface area contributed by atoms with Crippen LogP contribution in [0.3, 0.4) is 0 Å². The number of rotatable bonds is 3. The van der Waals surface area contributed by atoms with Gasteiger partial charge in [-0.05, 0) is 16.9 Å². The van der Waals surface area contributed by atoms with Crippen LogP contribution in [0.2, 0.25) is 0 Å². The van der Waals surface area contributed by atoms with Crippen LogP contribution in [0.5, 0.6) is 0 Å². The fourth-order valence-electron chi connectivity index (χ4n) is 2.03. The van der Waals surface area contributed by atoms with Crippen molar-refractivity contribution in [3.63, 3.8) is 0 Å². The number of carboxylic acid groups (broad SMARTS) is 1. The first-order valence-corrected chi connectivity index (χ1v) is 6.25. The number of nitrogens with one attached hydrogen (secondary N) is 2. The molecule has 0 saturated heterocycles. The molecule has 0 aliphatic carbocycles. The van der Waals surface area contributed by atoms with Crippen LogP contribution in [-0.4, -0.2) is 36.8 Å². The lowest BCUT2D eigenvalue weighted by molar-refractivity contribution is -0.133. The van der Waals surface area contributed by atoms with Crippen molar-refractivity contribution in [2.45, 2.75) is 0 Å². The van der Waals surface area contributed by atoms with Crippen molar-refractivity contribution in [2.75, 3.05) is 0 Å². The number of aliphatic hydroxyl groups is 1. The fraction of sp³-hybridized carbons (Fsp3) is 0. The molecule has 1 aromatic carbocycles. The molecular weight excluding hydrogens is 286 g/mol. The number of H-pyrrole nitrogens is 1. The molecule has 1 aliphatic rings. The number of carbonyl (C=O) groups is 1. The quantitative estimate of drug-likeness (QED) is 0.671. The minimum Gasteiger partial charge on any atom is -0.505 e. The maximum Gasteiger partial charge on any atom is 0.356 e. The maximum atomic E-state index is 11.1. The first kappa shape index (κ1) is 13.6. The van der Waals surface area contributed by atoms with Crippen LogP contribution >= 0.6 is 0 Å². The summed E-state index contributed by atoms with van der Waals surface area (Å²) < 4.78 is 0. The van der Waals surface area contributed by atoms with E-state index in [2.05, 4.69) is 32.5 Å². The van der Waals surface area contributed by atoms with E-state index in [1.165, 1.54) is 0 Å². The molecule has 0 bridgehead atoms. The van der Waals surface area contributed by atoms with E-state index in [-0.39, 0.29) is 17.0 Å². The molecule has 4 N–H and O–H groups in total. The van der Waals surface area contributed by atoms with Crippen molar-refractivity contribution in [3.05, 3.63) is 59.5 Å². The molecule has 8 nitrogen and oxygen atoms in total. The normalized spacial score (nSPS) is 14.5. The zero-order chi connectivity index (χ0) is 15.7. The van der Waals surface area contributed by atoms with Crippen LogP contribution in [0.15, 0.2) is 53.9 Å². The van der Waals surface area contributed by atoms with Crippen LogP contribution in [0.1, 0.15) is 5.56 Å². The van der Waals surface area contributed by atoms with Gasteiger partial charge in [0.1, 0.15) is 0 Å². The van der Waals surface area contributed by atoms with E-state index in [0.717, 1.165) is 11.1 Å². The van der Waals surface area contributed by atoms with Crippen LogP contribution < -0.4 is 5.32 Å². The Kier molecular flexibility index (Phi) is 3.18. The van der Waals surface area contributed by atoms with Crippen LogP contribution in [0.4, 0.5) is 0 Å². The molecule has 0 radical (unpaired) electrons. The third kappa shape index (κ3) is 2.33. The lowest BCUT2D eigenvalue weighted by Crippen LogP contribution is -2.24. The Hall–Kier alpha value is -3.42. The molecule has 110 valence electrons. The van der Waals surface area contributed by atoms with E-state index in [9.17, 15) is 9.90 Å². The minimum absolute atomic E-state index is 0.230. The summed E-state index contributed by atoms with van der Waals surface area (Å²) in [6, 6.07) is 7.12. The van der Waals surface area contributed by atoms with Crippen LogP contribution in [0, 0.1) is 0 Å². The lowest BCUT2D eigenvalue weighted by atomic mass is 10.0. The summed E-state index contributed by atoms with van der Waals surface area (Å²) in [6.45, 7) is 3.64. The van der Waals surface area contributed by atoms with Crippen LogP contribution in [-0.2, 0) is 4.79 Å². The average molecular weight is 297 g/mol. The van der Waals surface area contributed by atoms with Gasteiger partial charge < -0.3 is 15.5 Å². The number of dihydropyridines is 1. The maximum absolute atomic E-state index is 11.1. The van der Waals surface area contributed by atoms with E-state index in [4.69, 9.17) is 5.11 Å². The highest BCUT2D eigenvalue weighted by Crippen LogP contribution is 2.25. The van der Waals surface area contributed by atoms with Crippen molar-refractivity contribution in [1.29, 1.82) is 0 Å². The number of aromatic nitrogens is 4. The number of benzene rings is 1. The van der Waals surface area contributed by atoms with Gasteiger partial charge in [-0.25, -0.2) is 4.79 Å². The Bertz CT molecular complexity index is 804. The Morgan fingerprint density at radius 3 is 2.45 bits per heavy atom. The molecule has 3 rings (SSSR count). The molecular formula is C14H11N5O3. The van der Waals surface area contributed by atoms with Crippen molar-refractivity contribution >= 4 is 11.7 Å². The number of nitrogens with zero attached hydrogens (tertiary/aromatic N) is 3. The highest BCUT2D eigenvalue weighted by atomic mass is 16.4. The van der Waals surface area contributed by atoms with Gasteiger partial charge >= 0.3 is 5.97 Å². The van der Waals surface area contributed by atoms with Gasteiger partial charge in [0.05, 0.1) is 0 Å². The summed E-state index contributed by atoms with van der Waals surface area (Å²) in [5.74, 6) is -1.17. The smallest absolute Gasteiger partial charge is 0.356 e. The molecule has 8 heteroatoms. The zero-order valence-corrected chi connectivity index (χ0v) is 11.2. The summed E-state index contributed by atoms with van der Waals surface area (Å²) in [5, 5.41) is 35.1. The van der Waals surface area contributed by atoms with Gasteiger partial charge in [0.2, 0.25) is 5.82 Å². The summed E-state index contributed by atoms with van der Waals surface area (Å²) in [6.07, 6.45) is 1.57. The number of aliphatic hydroxyl groups excluding tert-OH is 1. The highest BCUT2D eigenvalue weighted by molar-refractivity contribution is 5.92. The van der Waals surface area contributed by atoms with E-state index in [0.29, 0.717) is 11.5 Å². The second-order valence-corrected chi connectivity index (χ2v) is 4.55. The van der Waals surface area contributed by atoms with Gasteiger partial charge in [-0.1, -0.05) is 30.8 Å². The number of hydrogen-bond acceptors (Lipinski definition) is 6. The van der Waals surface area contributed by atoms with Gasteiger partial charge in [-0.3, -0.25) is 0 Å². The molecule has 0 spiro atoms. The highest BCUT2D eigenvalue weighted by Gasteiger charge is 2.22. The molecule has 0 atom stereocenters. The van der Waals surface area contributed by atoms with Gasteiger partial charge in [0, 0.05) is 16.8 Å². The molecule has 0 saturated carbocycles. The number of aromatic amines is 1. The third-order valence-corrected chi connectivity index (χ3v) is 3.13. The van der Waals surface area contributed by atoms with Gasteiger partial charge in [0.25, 0.3) is 0 Å². The largest absolute Gasteiger partial charge is 0.505 e. The Morgan fingerprint density at radius 2 is 1.86 bits per heavy atom. The van der Waals surface area contributed by atoms with Gasteiger partial charge in [-0.2, -0.15) is 5.21 Å². The predicted octanol–water partition coefficient (Wildman–Crippen LogP) is 1.22. The summed E-state index contributed by atoms with van der Waals surface area (Å²) in [7, 11) is 0. The van der Waals surface area contributed by atoms with E-state index < -0.39 is 5.97 Å². The number of tetrazole rings is 1. The SMILES string of the molecule is C=C1C=C(c2ccc(-c3nn[nH]n3)cc2)NC(C(=O)O)=C1O. The van der Waals surface area contributed by atoms with E-state index in [1.807, 2.05) is 0 Å². The van der Waals surface area contributed by atoms with Crippen LogP contribution in [0.25, 0.3) is 17.1 Å². The summed E-state index contributed by atoms with van der Waals surface area (Å²) >= 11 is 0. The van der Waals surface area contributed by atoms with Crippen molar-refractivity contribution in [2.24, 2.45) is 0 Å². The average Bonchev–Trinajstić information content (AvgIpc) is 3.04. The Labute approximate surface area is 124 Å². The predicted molar refractivity (Wildman–Crippen MR) is 77.2 cm³/mol. The first-order valence-electron chi connectivity index (χ1n) is 6.25. The molecule has 0 amide bonds. The molecule has 2 aromatic rings. The summed E-state index contributed by atoms with van der Waals surface area (Å²) in [4.78, 5) is 11.1. The van der Waals surface area contributed by atoms with Gasteiger partial charge in [-0.15, -0.1) is 10.2 Å². The van der Waals surface area contributed by atoms with E-state index >= 15 is 0 Å². The molecule has 2 heterocycles. The topological polar surface area (TPSA) is 124 Å². The van der Waals surface area contributed by atoms with Gasteiger partial charge in [0.15, 0.2) is 11.5 Å². The second-order valence-electron chi connectivity index (χ2n) is 4.55. The first-order chi connectivity index (χ1) is 10.6. The number of aliphatic carboxylic acids is 1. The fourth-order valence-corrected chi connectivity index (χ4v) is 2.03. The zero-order valence-electron chi connectivity index (χ0n) is 11.2. The molecule has 1 aromatic heterocycles. The Morgan fingerprint density at radius 1 is 1.18 bits per heavy atom. The molecule has 1 aliphatic heterocycles. The van der Waals surface area contributed by atoms with Crippen molar-refractivity contribution in [1.82, 2.24) is 25.9 Å². The number of hydrogen-bond donors (Lipinski definition) is 4. The molecule has 22 heavy (non-hydrogen) atoms.